The number of amides is 1. The van der Waals surface area contributed by atoms with Crippen LogP contribution in [0.25, 0.3) is 0 Å². The summed E-state index contributed by atoms with van der Waals surface area (Å²) in [4.78, 5) is 13.8. The largest absolute Gasteiger partial charge is 0.339 e. The van der Waals surface area contributed by atoms with E-state index in [4.69, 9.17) is 5.73 Å². The molecule has 0 bridgehead atoms. The summed E-state index contributed by atoms with van der Waals surface area (Å²) in [7, 11) is 0. The van der Waals surface area contributed by atoms with Crippen LogP contribution < -0.4 is 5.73 Å². The molecular formula is C10H18N2O. The molecule has 0 aromatic carbocycles. The van der Waals surface area contributed by atoms with Gasteiger partial charge in [-0.3, -0.25) is 4.79 Å². The summed E-state index contributed by atoms with van der Waals surface area (Å²) >= 11 is 0. The van der Waals surface area contributed by atoms with Gasteiger partial charge in [0.25, 0.3) is 0 Å². The first kappa shape index (κ1) is 9.00. The number of likely N-dealkylation sites (tertiary alicyclic amines) is 1. The van der Waals surface area contributed by atoms with Crippen molar-refractivity contribution in [3.8, 4) is 0 Å². The average Bonchev–Trinajstić information content (AvgIpc) is 1.94. The number of rotatable bonds is 3. The minimum atomic E-state index is 0.362. The van der Waals surface area contributed by atoms with Crippen molar-refractivity contribution in [2.24, 2.45) is 11.7 Å². The van der Waals surface area contributed by atoms with E-state index in [1.807, 2.05) is 4.90 Å². The van der Waals surface area contributed by atoms with Crippen LogP contribution in [0.5, 0.6) is 0 Å². The van der Waals surface area contributed by atoms with Crippen LogP contribution in [0, 0.1) is 5.92 Å². The highest BCUT2D eigenvalue weighted by molar-refractivity contribution is 5.80. The van der Waals surface area contributed by atoms with Crippen molar-refractivity contribution in [3.63, 3.8) is 0 Å². The maximum absolute atomic E-state index is 11.8. The molecule has 1 saturated heterocycles. The zero-order valence-electron chi connectivity index (χ0n) is 8.04. The van der Waals surface area contributed by atoms with Crippen LogP contribution in [0.4, 0.5) is 0 Å². The zero-order chi connectivity index (χ0) is 9.26. The van der Waals surface area contributed by atoms with Gasteiger partial charge in [0.1, 0.15) is 0 Å². The van der Waals surface area contributed by atoms with Gasteiger partial charge in [-0.05, 0) is 32.2 Å². The van der Waals surface area contributed by atoms with Gasteiger partial charge in [-0.15, -0.1) is 0 Å². The Morgan fingerprint density at radius 1 is 1.38 bits per heavy atom. The van der Waals surface area contributed by atoms with Gasteiger partial charge in [-0.2, -0.15) is 0 Å². The summed E-state index contributed by atoms with van der Waals surface area (Å²) in [6.07, 6.45) is 5.62. The molecule has 74 valence electrons. The summed E-state index contributed by atoms with van der Waals surface area (Å²) in [5, 5.41) is 0. The van der Waals surface area contributed by atoms with Crippen LogP contribution in [0.1, 0.15) is 32.1 Å². The molecule has 1 atom stereocenters. The monoisotopic (exact) mass is 182 g/mol. The Kier molecular flexibility index (Phi) is 2.54. The molecule has 2 fully saturated rings. The highest BCUT2D eigenvalue weighted by atomic mass is 16.2. The number of carbonyl (C=O) groups is 1. The Bertz CT molecular complexity index is 201. The summed E-state index contributed by atoms with van der Waals surface area (Å²) in [5.74, 6) is 0.761. The SMILES string of the molecule is NCCC1CCN1C(=O)C1CCC1. The number of carbonyl (C=O) groups excluding carboxylic acids is 1. The second-order valence-electron chi connectivity index (χ2n) is 4.18. The molecule has 1 unspecified atom stereocenters. The van der Waals surface area contributed by atoms with E-state index in [9.17, 15) is 4.79 Å². The van der Waals surface area contributed by atoms with Crippen LogP contribution >= 0.6 is 0 Å². The van der Waals surface area contributed by atoms with Crippen LogP contribution in [-0.4, -0.2) is 29.9 Å². The molecule has 1 aliphatic carbocycles. The Labute approximate surface area is 79.3 Å². The zero-order valence-corrected chi connectivity index (χ0v) is 8.04. The van der Waals surface area contributed by atoms with Gasteiger partial charge in [0, 0.05) is 18.5 Å². The quantitative estimate of drug-likeness (QED) is 0.699. The third kappa shape index (κ3) is 1.57. The summed E-state index contributed by atoms with van der Waals surface area (Å²) in [6.45, 7) is 1.68. The third-order valence-electron chi connectivity index (χ3n) is 3.38. The second kappa shape index (κ2) is 3.66. The van der Waals surface area contributed by atoms with E-state index < -0.39 is 0 Å². The van der Waals surface area contributed by atoms with Crippen molar-refractivity contribution in [1.82, 2.24) is 4.90 Å². The van der Waals surface area contributed by atoms with Crippen molar-refractivity contribution in [3.05, 3.63) is 0 Å². The van der Waals surface area contributed by atoms with E-state index in [0.717, 1.165) is 32.2 Å². The summed E-state index contributed by atoms with van der Waals surface area (Å²) in [5.41, 5.74) is 5.49. The van der Waals surface area contributed by atoms with Gasteiger partial charge in [-0.1, -0.05) is 6.42 Å². The Morgan fingerprint density at radius 2 is 2.15 bits per heavy atom. The predicted octanol–water partition coefficient (Wildman–Crippen LogP) is 0.736. The van der Waals surface area contributed by atoms with Crippen LogP contribution in [-0.2, 0) is 4.79 Å². The number of nitrogens with zero attached hydrogens (tertiary/aromatic N) is 1. The lowest BCUT2D eigenvalue weighted by molar-refractivity contribution is -0.146. The van der Waals surface area contributed by atoms with E-state index in [2.05, 4.69) is 0 Å². The molecule has 1 aliphatic heterocycles. The molecule has 1 amide bonds. The Balaban J connectivity index is 1.82. The second-order valence-corrected chi connectivity index (χ2v) is 4.18. The van der Waals surface area contributed by atoms with E-state index >= 15 is 0 Å². The summed E-state index contributed by atoms with van der Waals surface area (Å²) < 4.78 is 0. The minimum absolute atomic E-state index is 0.362. The molecule has 2 rings (SSSR count). The number of hydrogen-bond acceptors (Lipinski definition) is 2. The molecule has 2 aliphatic rings. The molecule has 0 aromatic heterocycles. The highest BCUT2D eigenvalue weighted by Gasteiger charge is 2.37. The molecule has 1 saturated carbocycles. The number of hydrogen-bond donors (Lipinski definition) is 1. The van der Waals surface area contributed by atoms with Gasteiger partial charge in [-0.25, -0.2) is 0 Å². The first-order valence-electron chi connectivity index (χ1n) is 5.33. The number of nitrogens with two attached hydrogens (primary N) is 1. The van der Waals surface area contributed by atoms with Crippen LogP contribution in [0.3, 0.4) is 0 Å². The van der Waals surface area contributed by atoms with Crippen molar-refractivity contribution >= 4 is 5.91 Å². The standard InChI is InChI=1S/C10H18N2O/c11-6-4-9-5-7-12(9)10(13)8-2-1-3-8/h8-9H,1-7,11H2. The lowest BCUT2D eigenvalue weighted by atomic mass is 9.82. The maximum Gasteiger partial charge on any atom is 0.225 e. The fraction of sp³-hybridized carbons (Fsp3) is 0.900. The highest BCUT2D eigenvalue weighted by Crippen LogP contribution is 2.32. The van der Waals surface area contributed by atoms with Crippen molar-refractivity contribution < 1.29 is 4.79 Å². The van der Waals surface area contributed by atoms with Crippen molar-refractivity contribution in [2.75, 3.05) is 13.1 Å². The lowest BCUT2D eigenvalue weighted by Gasteiger charge is -2.44. The molecule has 13 heavy (non-hydrogen) atoms. The minimum Gasteiger partial charge on any atom is -0.339 e. The van der Waals surface area contributed by atoms with Crippen LogP contribution in [0.2, 0.25) is 0 Å². The average molecular weight is 182 g/mol. The molecule has 3 nitrogen and oxygen atoms in total. The Hall–Kier alpha value is -0.570. The lowest BCUT2D eigenvalue weighted by Crippen LogP contribution is -2.54. The normalized spacial score (nSPS) is 28.1. The Morgan fingerprint density at radius 3 is 2.54 bits per heavy atom. The van der Waals surface area contributed by atoms with Gasteiger partial charge in [0.15, 0.2) is 0 Å². The fourth-order valence-corrected chi connectivity index (χ4v) is 2.11. The first-order chi connectivity index (χ1) is 6.33. The molecule has 3 heteroatoms. The molecule has 0 spiro atoms. The van der Waals surface area contributed by atoms with Crippen molar-refractivity contribution in [2.45, 2.75) is 38.1 Å². The fourth-order valence-electron chi connectivity index (χ4n) is 2.11. The van der Waals surface area contributed by atoms with E-state index in [1.165, 1.54) is 6.42 Å². The molecule has 2 N–H and O–H groups in total. The van der Waals surface area contributed by atoms with E-state index in [-0.39, 0.29) is 0 Å². The maximum atomic E-state index is 11.8. The van der Waals surface area contributed by atoms with Crippen molar-refractivity contribution in [1.29, 1.82) is 0 Å². The van der Waals surface area contributed by atoms with Gasteiger partial charge in [0.05, 0.1) is 0 Å². The summed E-state index contributed by atoms with van der Waals surface area (Å²) in [6, 6.07) is 0.470. The van der Waals surface area contributed by atoms with Gasteiger partial charge >= 0.3 is 0 Å². The van der Waals surface area contributed by atoms with Gasteiger partial charge in [0.2, 0.25) is 5.91 Å². The molecule has 0 aromatic rings. The van der Waals surface area contributed by atoms with E-state index in [1.54, 1.807) is 0 Å². The molecular weight excluding hydrogens is 164 g/mol. The first-order valence-corrected chi connectivity index (χ1v) is 5.33. The third-order valence-corrected chi connectivity index (χ3v) is 3.38. The van der Waals surface area contributed by atoms with Gasteiger partial charge < -0.3 is 10.6 Å². The topological polar surface area (TPSA) is 46.3 Å². The molecule has 0 radical (unpaired) electrons. The molecule has 1 heterocycles. The smallest absolute Gasteiger partial charge is 0.225 e. The van der Waals surface area contributed by atoms with Crippen LogP contribution in [0.15, 0.2) is 0 Å². The van der Waals surface area contributed by atoms with E-state index in [0.29, 0.717) is 24.4 Å². The predicted molar refractivity (Wildman–Crippen MR) is 51.1 cm³/mol.